The minimum Gasteiger partial charge on any atom is -0.272 e. The number of benzene rings is 2. The minimum absolute atomic E-state index is 0.222. The van der Waals surface area contributed by atoms with E-state index in [1.165, 1.54) is 18.2 Å². The van der Waals surface area contributed by atoms with Gasteiger partial charge in [0.1, 0.15) is 5.82 Å². The highest BCUT2D eigenvalue weighted by Gasteiger charge is 2.38. The van der Waals surface area contributed by atoms with Gasteiger partial charge >= 0.3 is 0 Å². The monoisotopic (exact) mass is 295 g/mol. The van der Waals surface area contributed by atoms with Crippen LogP contribution in [0.5, 0.6) is 0 Å². The molecule has 1 aliphatic rings. The van der Waals surface area contributed by atoms with Gasteiger partial charge in [-0.2, -0.15) is 0 Å². The lowest BCUT2D eigenvalue weighted by atomic mass is 9.92. The summed E-state index contributed by atoms with van der Waals surface area (Å²) in [4.78, 5) is 12.2. The molecule has 96 valence electrons. The topological polar surface area (TPSA) is 20.3 Å². The molecule has 0 bridgehead atoms. The second-order valence-corrected chi connectivity index (χ2v) is 5.02. The maximum atomic E-state index is 13.1. The summed E-state index contributed by atoms with van der Waals surface area (Å²) >= 11 is 12.0. The Morgan fingerprint density at radius 1 is 1.11 bits per heavy atom. The average molecular weight is 296 g/mol. The maximum absolute atomic E-state index is 13.1. The van der Waals surface area contributed by atoms with Crippen LogP contribution < -0.4 is 4.42 Å². The van der Waals surface area contributed by atoms with Crippen molar-refractivity contribution >= 4 is 35.0 Å². The Kier molecular flexibility index (Phi) is 2.96. The SMILES string of the molecule is O=C1C(c2ccc(F)cc2Cl)c2ccccc2N1Cl. The van der Waals surface area contributed by atoms with Gasteiger partial charge in [0.2, 0.25) is 0 Å². The van der Waals surface area contributed by atoms with Crippen molar-refractivity contribution in [2.75, 3.05) is 4.42 Å². The van der Waals surface area contributed by atoms with E-state index in [0.717, 1.165) is 9.98 Å². The molecule has 0 spiro atoms. The molecule has 1 heterocycles. The third-order valence-corrected chi connectivity index (χ3v) is 3.85. The number of carbonyl (C=O) groups excluding carboxylic acids is 1. The number of fused-ring (bicyclic) bond motifs is 1. The molecule has 0 N–H and O–H groups in total. The van der Waals surface area contributed by atoms with E-state index in [1.807, 2.05) is 12.1 Å². The summed E-state index contributed by atoms with van der Waals surface area (Å²) in [6.07, 6.45) is 0. The lowest BCUT2D eigenvalue weighted by Gasteiger charge is -2.11. The summed E-state index contributed by atoms with van der Waals surface area (Å²) in [5.74, 6) is -1.30. The molecule has 1 unspecified atom stereocenters. The first-order valence-corrected chi connectivity index (χ1v) is 6.35. The van der Waals surface area contributed by atoms with E-state index in [-0.39, 0.29) is 10.9 Å². The fourth-order valence-electron chi connectivity index (χ4n) is 2.31. The van der Waals surface area contributed by atoms with Crippen molar-refractivity contribution in [3.8, 4) is 0 Å². The van der Waals surface area contributed by atoms with E-state index >= 15 is 0 Å². The maximum Gasteiger partial charge on any atom is 0.253 e. The summed E-state index contributed by atoms with van der Waals surface area (Å²) in [5.41, 5.74) is 1.97. The van der Waals surface area contributed by atoms with Gasteiger partial charge in [-0.25, -0.2) is 8.81 Å². The van der Waals surface area contributed by atoms with Crippen LogP contribution in [0.1, 0.15) is 17.0 Å². The number of carbonyl (C=O) groups is 1. The number of nitrogens with zero attached hydrogens (tertiary/aromatic N) is 1. The Hall–Kier alpha value is -1.58. The van der Waals surface area contributed by atoms with Crippen molar-refractivity contribution in [2.45, 2.75) is 5.92 Å². The van der Waals surface area contributed by atoms with Crippen molar-refractivity contribution in [3.05, 3.63) is 64.4 Å². The Balaban J connectivity index is 2.18. The summed E-state index contributed by atoms with van der Waals surface area (Å²) in [7, 11) is 0. The van der Waals surface area contributed by atoms with Crippen LogP contribution in [0.4, 0.5) is 10.1 Å². The lowest BCUT2D eigenvalue weighted by molar-refractivity contribution is -0.117. The first-order chi connectivity index (χ1) is 9.09. The molecule has 0 fully saturated rings. The van der Waals surface area contributed by atoms with Crippen LogP contribution in [0.3, 0.4) is 0 Å². The molecule has 19 heavy (non-hydrogen) atoms. The van der Waals surface area contributed by atoms with Crippen molar-refractivity contribution in [1.82, 2.24) is 0 Å². The van der Waals surface area contributed by atoms with Gasteiger partial charge in [-0.1, -0.05) is 35.9 Å². The van der Waals surface area contributed by atoms with Crippen molar-refractivity contribution < 1.29 is 9.18 Å². The molecule has 2 aromatic carbocycles. The van der Waals surface area contributed by atoms with Gasteiger partial charge < -0.3 is 0 Å². The highest BCUT2D eigenvalue weighted by molar-refractivity contribution is 6.40. The third kappa shape index (κ3) is 1.90. The van der Waals surface area contributed by atoms with E-state index in [0.29, 0.717) is 11.3 Å². The summed E-state index contributed by atoms with van der Waals surface area (Å²) in [6, 6.07) is 11.2. The highest BCUT2D eigenvalue weighted by Crippen LogP contribution is 2.43. The molecule has 1 aliphatic heterocycles. The predicted molar refractivity (Wildman–Crippen MR) is 73.0 cm³/mol. The molecule has 0 saturated heterocycles. The van der Waals surface area contributed by atoms with E-state index < -0.39 is 11.7 Å². The molecule has 2 aromatic rings. The molecular weight excluding hydrogens is 288 g/mol. The first-order valence-electron chi connectivity index (χ1n) is 5.63. The Morgan fingerprint density at radius 2 is 1.84 bits per heavy atom. The second kappa shape index (κ2) is 4.51. The molecule has 0 radical (unpaired) electrons. The van der Waals surface area contributed by atoms with Gasteiger partial charge in [-0.15, -0.1) is 0 Å². The van der Waals surface area contributed by atoms with Crippen LogP contribution in [0.15, 0.2) is 42.5 Å². The van der Waals surface area contributed by atoms with E-state index in [9.17, 15) is 9.18 Å². The van der Waals surface area contributed by atoms with E-state index in [1.54, 1.807) is 12.1 Å². The Bertz CT molecular complexity index is 674. The van der Waals surface area contributed by atoms with Crippen LogP contribution in [-0.2, 0) is 4.79 Å². The molecule has 1 amide bonds. The van der Waals surface area contributed by atoms with Gasteiger partial charge in [-0.05, 0) is 29.3 Å². The van der Waals surface area contributed by atoms with Crippen molar-refractivity contribution in [3.63, 3.8) is 0 Å². The zero-order valence-corrected chi connectivity index (χ0v) is 11.1. The standard InChI is InChI=1S/C14H8Cl2FNO/c15-11-7-8(17)5-6-9(11)13-10-3-1-2-4-12(10)18(16)14(13)19/h1-7,13H. The van der Waals surface area contributed by atoms with Crippen LogP contribution in [0.2, 0.25) is 5.02 Å². The summed E-state index contributed by atoms with van der Waals surface area (Å²) in [6.45, 7) is 0. The first kappa shape index (κ1) is 12.5. The Labute approximate surface area is 119 Å². The van der Waals surface area contributed by atoms with E-state index in [2.05, 4.69) is 0 Å². The molecular formula is C14H8Cl2FNO. The number of halogens is 3. The van der Waals surface area contributed by atoms with Crippen LogP contribution in [0, 0.1) is 5.82 Å². The molecule has 2 nitrogen and oxygen atoms in total. The molecule has 1 atom stereocenters. The number of anilines is 1. The van der Waals surface area contributed by atoms with Crippen molar-refractivity contribution in [2.24, 2.45) is 0 Å². The van der Waals surface area contributed by atoms with Crippen molar-refractivity contribution in [1.29, 1.82) is 0 Å². The summed E-state index contributed by atoms with van der Waals surface area (Å²) in [5, 5.41) is 0.222. The van der Waals surface area contributed by atoms with Gasteiger partial charge in [-0.3, -0.25) is 4.79 Å². The quantitative estimate of drug-likeness (QED) is 0.725. The molecule has 0 aromatic heterocycles. The largest absolute Gasteiger partial charge is 0.272 e. The normalized spacial score (nSPS) is 17.7. The minimum atomic E-state index is -0.582. The van der Waals surface area contributed by atoms with Crippen LogP contribution >= 0.6 is 23.4 Å². The molecule has 0 aliphatic carbocycles. The number of para-hydroxylation sites is 1. The fraction of sp³-hybridized carbons (Fsp3) is 0.0714. The second-order valence-electron chi connectivity index (χ2n) is 4.28. The lowest BCUT2D eigenvalue weighted by Crippen LogP contribution is -2.19. The van der Waals surface area contributed by atoms with E-state index in [4.69, 9.17) is 23.4 Å². The smallest absolute Gasteiger partial charge is 0.253 e. The van der Waals surface area contributed by atoms with Gasteiger partial charge in [0, 0.05) is 16.8 Å². The molecule has 5 heteroatoms. The number of hydrogen-bond donors (Lipinski definition) is 0. The zero-order chi connectivity index (χ0) is 13.6. The zero-order valence-electron chi connectivity index (χ0n) is 9.61. The number of rotatable bonds is 1. The number of amides is 1. The summed E-state index contributed by atoms with van der Waals surface area (Å²) < 4.78 is 14.2. The number of hydrogen-bond acceptors (Lipinski definition) is 1. The predicted octanol–water partition coefficient (Wildman–Crippen LogP) is 4.11. The molecule has 0 saturated carbocycles. The van der Waals surface area contributed by atoms with Gasteiger partial charge in [0.05, 0.1) is 11.6 Å². The van der Waals surface area contributed by atoms with Gasteiger partial charge in [0.25, 0.3) is 5.91 Å². The average Bonchev–Trinajstić information content (AvgIpc) is 2.64. The fourth-order valence-corrected chi connectivity index (χ4v) is 2.84. The highest BCUT2D eigenvalue weighted by atomic mass is 35.5. The Morgan fingerprint density at radius 3 is 2.58 bits per heavy atom. The molecule has 3 rings (SSSR count). The van der Waals surface area contributed by atoms with Crippen LogP contribution in [-0.4, -0.2) is 5.91 Å². The van der Waals surface area contributed by atoms with Gasteiger partial charge in [0.15, 0.2) is 0 Å². The third-order valence-electron chi connectivity index (χ3n) is 3.17. The van der Waals surface area contributed by atoms with Crippen LogP contribution in [0.25, 0.3) is 0 Å².